The van der Waals surface area contributed by atoms with Gasteiger partial charge in [0, 0.05) is 11.5 Å². The van der Waals surface area contributed by atoms with Gasteiger partial charge in [-0.25, -0.2) is 0 Å². The van der Waals surface area contributed by atoms with Gasteiger partial charge in [-0.1, -0.05) is 24.3 Å². The number of carbonyl (C=O) groups excluding carboxylic acids is 1. The summed E-state index contributed by atoms with van der Waals surface area (Å²) in [4.78, 5) is 11.3. The largest absolute Gasteiger partial charge is 0.469 e. The molecule has 0 saturated carbocycles. The van der Waals surface area contributed by atoms with Crippen molar-refractivity contribution in [3.63, 3.8) is 0 Å². The molecule has 0 bridgehead atoms. The summed E-state index contributed by atoms with van der Waals surface area (Å²) in [5.74, 6) is 2.23. The molecule has 86 valence electrons. The predicted molar refractivity (Wildman–Crippen MR) is 69.8 cm³/mol. The highest BCUT2D eigenvalue weighted by atomic mass is 32.2. The van der Waals surface area contributed by atoms with Crippen LogP contribution in [0.2, 0.25) is 0 Å². The van der Waals surface area contributed by atoms with Gasteiger partial charge in [0.1, 0.15) is 0 Å². The van der Waals surface area contributed by atoms with E-state index in [0.717, 1.165) is 5.56 Å². The summed E-state index contributed by atoms with van der Waals surface area (Å²) in [6.45, 7) is 0. The lowest BCUT2D eigenvalue weighted by molar-refractivity contribution is -0.139. The van der Waals surface area contributed by atoms with E-state index in [1.807, 2.05) is 41.7 Å². The molecule has 1 aromatic rings. The van der Waals surface area contributed by atoms with Gasteiger partial charge in [-0.05, 0) is 11.1 Å². The van der Waals surface area contributed by atoms with Crippen LogP contribution < -0.4 is 0 Å². The number of methoxy groups -OCH3 is 1. The average molecular weight is 254 g/mol. The standard InChI is InChI=1S/C12H14O2S2/c1-14-11(13)8-9-4-2-3-5-10(9)12-15-6-7-16-12/h2-5,12H,6-8H2,1H3. The molecule has 0 aromatic heterocycles. The minimum absolute atomic E-state index is 0.166. The Hall–Kier alpha value is -0.610. The molecule has 1 aliphatic heterocycles. The second-order valence-corrected chi connectivity index (χ2v) is 6.25. The molecule has 0 N–H and O–H groups in total. The molecule has 0 amide bonds. The molecule has 2 rings (SSSR count). The van der Waals surface area contributed by atoms with Crippen molar-refractivity contribution >= 4 is 29.5 Å². The number of thioether (sulfide) groups is 2. The molecule has 4 heteroatoms. The monoisotopic (exact) mass is 254 g/mol. The van der Waals surface area contributed by atoms with Crippen LogP contribution in [0.3, 0.4) is 0 Å². The van der Waals surface area contributed by atoms with E-state index in [0.29, 0.717) is 11.0 Å². The van der Waals surface area contributed by atoms with Gasteiger partial charge >= 0.3 is 5.97 Å². The highest BCUT2D eigenvalue weighted by Crippen LogP contribution is 2.46. The zero-order chi connectivity index (χ0) is 11.4. The molecule has 0 spiro atoms. The van der Waals surface area contributed by atoms with Gasteiger partial charge in [-0.2, -0.15) is 0 Å². The van der Waals surface area contributed by atoms with Crippen LogP contribution in [0.25, 0.3) is 0 Å². The van der Waals surface area contributed by atoms with E-state index in [1.54, 1.807) is 0 Å². The van der Waals surface area contributed by atoms with E-state index in [1.165, 1.54) is 24.2 Å². The van der Waals surface area contributed by atoms with Crippen molar-refractivity contribution < 1.29 is 9.53 Å². The normalized spacial score (nSPS) is 16.3. The minimum Gasteiger partial charge on any atom is -0.469 e. The van der Waals surface area contributed by atoms with Crippen molar-refractivity contribution in [2.75, 3.05) is 18.6 Å². The van der Waals surface area contributed by atoms with Crippen LogP contribution in [0.1, 0.15) is 15.7 Å². The van der Waals surface area contributed by atoms with Gasteiger partial charge in [-0.3, -0.25) is 4.79 Å². The molecule has 1 aliphatic rings. The molecular formula is C12H14O2S2. The van der Waals surface area contributed by atoms with Gasteiger partial charge < -0.3 is 4.74 Å². The van der Waals surface area contributed by atoms with Crippen molar-refractivity contribution in [3.05, 3.63) is 35.4 Å². The van der Waals surface area contributed by atoms with Gasteiger partial charge in [0.2, 0.25) is 0 Å². The van der Waals surface area contributed by atoms with Gasteiger partial charge in [-0.15, -0.1) is 23.5 Å². The quantitative estimate of drug-likeness (QED) is 0.775. The maximum absolute atomic E-state index is 11.3. The molecule has 0 radical (unpaired) electrons. The molecule has 1 saturated heterocycles. The lowest BCUT2D eigenvalue weighted by atomic mass is 10.1. The summed E-state index contributed by atoms with van der Waals surface area (Å²) in [5.41, 5.74) is 2.38. The number of carbonyl (C=O) groups is 1. The first-order valence-electron chi connectivity index (χ1n) is 5.19. The van der Waals surface area contributed by atoms with Crippen molar-refractivity contribution in [3.8, 4) is 0 Å². The van der Waals surface area contributed by atoms with Crippen molar-refractivity contribution in [1.29, 1.82) is 0 Å². The smallest absolute Gasteiger partial charge is 0.309 e. The van der Waals surface area contributed by atoms with Crippen LogP contribution in [0.4, 0.5) is 0 Å². The number of benzene rings is 1. The van der Waals surface area contributed by atoms with E-state index >= 15 is 0 Å². The van der Waals surface area contributed by atoms with Gasteiger partial charge in [0.25, 0.3) is 0 Å². The van der Waals surface area contributed by atoms with Gasteiger partial charge in [0.05, 0.1) is 18.1 Å². The second kappa shape index (κ2) is 5.64. The Balaban J connectivity index is 2.19. The molecule has 16 heavy (non-hydrogen) atoms. The van der Waals surface area contributed by atoms with Crippen LogP contribution in [0.15, 0.2) is 24.3 Å². The van der Waals surface area contributed by atoms with E-state index in [4.69, 9.17) is 4.74 Å². The number of rotatable bonds is 3. The second-order valence-electron chi connectivity index (χ2n) is 3.53. The zero-order valence-corrected chi connectivity index (χ0v) is 10.8. The summed E-state index contributed by atoms with van der Waals surface area (Å²) in [6.07, 6.45) is 0.379. The molecular weight excluding hydrogens is 240 g/mol. The summed E-state index contributed by atoms with van der Waals surface area (Å²) < 4.78 is 5.21. The fourth-order valence-corrected chi connectivity index (χ4v) is 4.67. The van der Waals surface area contributed by atoms with Crippen molar-refractivity contribution in [2.24, 2.45) is 0 Å². The first-order valence-corrected chi connectivity index (χ1v) is 7.29. The Labute approximate surface area is 104 Å². The number of hydrogen-bond donors (Lipinski definition) is 0. The summed E-state index contributed by atoms with van der Waals surface area (Å²) in [6, 6.07) is 8.15. The van der Waals surface area contributed by atoms with Crippen LogP contribution in [0, 0.1) is 0 Å². The highest BCUT2D eigenvalue weighted by molar-refractivity contribution is 8.19. The fraction of sp³-hybridized carbons (Fsp3) is 0.417. The van der Waals surface area contributed by atoms with E-state index in [-0.39, 0.29) is 5.97 Å². The summed E-state index contributed by atoms with van der Waals surface area (Å²) in [7, 11) is 1.43. The van der Waals surface area contributed by atoms with Crippen LogP contribution in [-0.4, -0.2) is 24.6 Å². The van der Waals surface area contributed by atoms with E-state index in [9.17, 15) is 4.79 Å². The maximum Gasteiger partial charge on any atom is 0.309 e. The molecule has 0 aliphatic carbocycles. The van der Waals surface area contributed by atoms with E-state index < -0.39 is 0 Å². The van der Waals surface area contributed by atoms with Crippen LogP contribution in [-0.2, 0) is 16.0 Å². The topological polar surface area (TPSA) is 26.3 Å². The third-order valence-corrected chi connectivity index (χ3v) is 5.56. The summed E-state index contributed by atoms with van der Waals surface area (Å²) >= 11 is 3.91. The first kappa shape index (κ1) is 11.9. The fourth-order valence-electron chi connectivity index (χ4n) is 1.69. The molecule has 1 aromatic carbocycles. The van der Waals surface area contributed by atoms with Crippen molar-refractivity contribution in [1.82, 2.24) is 0 Å². The lowest BCUT2D eigenvalue weighted by Crippen LogP contribution is -2.07. The predicted octanol–water partition coefficient (Wildman–Crippen LogP) is 2.88. The van der Waals surface area contributed by atoms with Gasteiger partial charge in [0.15, 0.2) is 0 Å². The molecule has 0 unspecified atom stereocenters. The molecule has 0 atom stereocenters. The average Bonchev–Trinajstić information content (AvgIpc) is 2.83. The Bertz CT molecular complexity index is 373. The SMILES string of the molecule is COC(=O)Cc1ccccc1C1SCCS1. The number of ether oxygens (including phenoxy) is 1. The van der Waals surface area contributed by atoms with Crippen LogP contribution >= 0.6 is 23.5 Å². The Morgan fingerprint density at radius 2 is 2.06 bits per heavy atom. The molecule has 1 fully saturated rings. The number of esters is 1. The van der Waals surface area contributed by atoms with E-state index in [2.05, 4.69) is 6.07 Å². The Morgan fingerprint density at radius 1 is 1.38 bits per heavy atom. The zero-order valence-electron chi connectivity index (χ0n) is 9.14. The number of hydrogen-bond acceptors (Lipinski definition) is 4. The lowest BCUT2D eigenvalue weighted by Gasteiger charge is -2.13. The molecule has 1 heterocycles. The Kier molecular flexibility index (Phi) is 4.18. The third kappa shape index (κ3) is 2.74. The first-order chi connectivity index (χ1) is 7.81. The summed E-state index contributed by atoms with van der Waals surface area (Å²) in [5, 5.41) is 0. The van der Waals surface area contributed by atoms with Crippen LogP contribution in [0.5, 0.6) is 0 Å². The highest BCUT2D eigenvalue weighted by Gasteiger charge is 2.21. The molecule has 2 nitrogen and oxygen atoms in total. The third-order valence-electron chi connectivity index (χ3n) is 2.49. The Morgan fingerprint density at radius 3 is 2.75 bits per heavy atom. The maximum atomic E-state index is 11.3. The van der Waals surface area contributed by atoms with Crippen molar-refractivity contribution in [2.45, 2.75) is 11.0 Å². The minimum atomic E-state index is -0.166.